The first-order valence-electron chi connectivity index (χ1n) is 4.85. The van der Waals surface area contributed by atoms with Gasteiger partial charge in [0, 0.05) is 11.9 Å². The molecule has 17 heavy (non-hydrogen) atoms. The summed E-state index contributed by atoms with van der Waals surface area (Å²) in [5.74, 6) is 0.776. The third-order valence-corrected chi connectivity index (χ3v) is 4.48. The van der Waals surface area contributed by atoms with Crippen LogP contribution in [0.15, 0.2) is 16.3 Å². The van der Waals surface area contributed by atoms with E-state index in [1.54, 1.807) is 11.3 Å². The van der Waals surface area contributed by atoms with E-state index in [2.05, 4.69) is 30.9 Å². The standard InChI is InChI=1S/C10H10BrClN4S/c1-6-7(17-5-15-6)3-16(2)10-8(11)9(12)13-4-14-10/h4-5H,3H2,1-2H3. The van der Waals surface area contributed by atoms with Crippen molar-refractivity contribution in [1.82, 2.24) is 15.0 Å². The molecular formula is C10H10BrClN4S. The van der Waals surface area contributed by atoms with Gasteiger partial charge in [-0.25, -0.2) is 15.0 Å². The number of anilines is 1. The molecule has 0 amide bonds. The van der Waals surface area contributed by atoms with E-state index in [1.165, 1.54) is 11.2 Å². The lowest BCUT2D eigenvalue weighted by atomic mass is 10.3. The fourth-order valence-corrected chi connectivity index (χ4v) is 2.84. The third kappa shape index (κ3) is 2.75. The van der Waals surface area contributed by atoms with E-state index in [4.69, 9.17) is 11.6 Å². The van der Waals surface area contributed by atoms with Crippen LogP contribution >= 0.6 is 38.9 Å². The molecule has 4 nitrogen and oxygen atoms in total. The molecule has 2 rings (SSSR count). The highest BCUT2D eigenvalue weighted by molar-refractivity contribution is 9.10. The highest BCUT2D eigenvalue weighted by Crippen LogP contribution is 2.29. The molecule has 0 fully saturated rings. The van der Waals surface area contributed by atoms with Gasteiger partial charge in [0.2, 0.25) is 0 Å². The van der Waals surface area contributed by atoms with E-state index in [1.807, 2.05) is 24.4 Å². The predicted molar refractivity (Wildman–Crippen MR) is 73.7 cm³/mol. The molecule has 2 aromatic heterocycles. The van der Waals surface area contributed by atoms with E-state index >= 15 is 0 Å². The normalized spacial score (nSPS) is 10.6. The Bertz CT molecular complexity index is 531. The largest absolute Gasteiger partial charge is 0.353 e. The summed E-state index contributed by atoms with van der Waals surface area (Å²) in [6, 6.07) is 0. The molecular weight excluding hydrogens is 324 g/mol. The predicted octanol–water partition coefficient (Wildman–Crippen LogP) is 3.29. The van der Waals surface area contributed by atoms with Crippen LogP contribution < -0.4 is 4.90 Å². The molecule has 0 radical (unpaired) electrons. The molecule has 0 aliphatic heterocycles. The summed E-state index contributed by atoms with van der Waals surface area (Å²) in [6.07, 6.45) is 1.46. The van der Waals surface area contributed by atoms with E-state index < -0.39 is 0 Å². The quantitative estimate of drug-likeness (QED) is 0.808. The number of thiazole rings is 1. The Morgan fingerprint density at radius 3 is 2.82 bits per heavy atom. The molecule has 90 valence electrons. The maximum absolute atomic E-state index is 5.94. The summed E-state index contributed by atoms with van der Waals surface area (Å²) in [4.78, 5) is 15.6. The molecule has 0 bridgehead atoms. The molecule has 0 aliphatic carbocycles. The first kappa shape index (κ1) is 12.7. The molecule has 0 N–H and O–H groups in total. The van der Waals surface area contributed by atoms with Crippen molar-refractivity contribution in [3.8, 4) is 0 Å². The number of halogens is 2. The Hall–Kier alpha value is -0.720. The minimum absolute atomic E-state index is 0.419. The van der Waals surface area contributed by atoms with Gasteiger partial charge in [0.1, 0.15) is 17.3 Å². The second-order valence-electron chi connectivity index (χ2n) is 3.52. The Kier molecular flexibility index (Phi) is 3.96. The van der Waals surface area contributed by atoms with Crippen molar-refractivity contribution in [3.05, 3.63) is 32.0 Å². The van der Waals surface area contributed by atoms with E-state index in [0.29, 0.717) is 9.63 Å². The minimum Gasteiger partial charge on any atom is -0.353 e. The van der Waals surface area contributed by atoms with Crippen LogP contribution in [0.4, 0.5) is 5.82 Å². The van der Waals surface area contributed by atoms with Gasteiger partial charge in [-0.3, -0.25) is 0 Å². The molecule has 0 atom stereocenters. The second-order valence-corrected chi connectivity index (χ2v) is 5.61. The minimum atomic E-state index is 0.419. The van der Waals surface area contributed by atoms with Crippen molar-refractivity contribution in [2.45, 2.75) is 13.5 Å². The monoisotopic (exact) mass is 332 g/mol. The van der Waals surface area contributed by atoms with Crippen molar-refractivity contribution in [2.75, 3.05) is 11.9 Å². The molecule has 0 spiro atoms. The SMILES string of the molecule is Cc1ncsc1CN(C)c1ncnc(Cl)c1Br. The van der Waals surface area contributed by atoms with E-state index in [9.17, 15) is 0 Å². The number of aromatic nitrogens is 3. The molecule has 0 unspecified atom stereocenters. The smallest absolute Gasteiger partial charge is 0.148 e. The van der Waals surface area contributed by atoms with Crippen LogP contribution in [0.3, 0.4) is 0 Å². The van der Waals surface area contributed by atoms with Gasteiger partial charge >= 0.3 is 0 Å². The zero-order valence-corrected chi connectivity index (χ0v) is 12.5. The van der Waals surface area contributed by atoms with Gasteiger partial charge in [0.15, 0.2) is 0 Å². The third-order valence-electron chi connectivity index (χ3n) is 2.32. The summed E-state index contributed by atoms with van der Waals surface area (Å²) in [6.45, 7) is 2.75. The summed E-state index contributed by atoms with van der Waals surface area (Å²) < 4.78 is 0.714. The zero-order valence-electron chi connectivity index (χ0n) is 9.31. The fourth-order valence-electron chi connectivity index (χ4n) is 1.37. The number of rotatable bonds is 3. The van der Waals surface area contributed by atoms with E-state index in [0.717, 1.165) is 18.1 Å². The van der Waals surface area contributed by atoms with Crippen LogP contribution in [-0.4, -0.2) is 22.0 Å². The van der Waals surface area contributed by atoms with Crippen LogP contribution in [0.1, 0.15) is 10.6 Å². The Morgan fingerprint density at radius 1 is 1.41 bits per heavy atom. The van der Waals surface area contributed by atoms with Crippen molar-refractivity contribution >= 4 is 44.7 Å². The summed E-state index contributed by atoms with van der Waals surface area (Å²) >= 11 is 11.0. The van der Waals surface area contributed by atoms with Crippen LogP contribution in [-0.2, 0) is 6.54 Å². The van der Waals surface area contributed by atoms with Crippen molar-refractivity contribution < 1.29 is 0 Å². The van der Waals surface area contributed by atoms with E-state index in [-0.39, 0.29) is 0 Å². The van der Waals surface area contributed by atoms with Gasteiger partial charge in [-0.05, 0) is 22.9 Å². The maximum Gasteiger partial charge on any atom is 0.148 e. The lowest BCUT2D eigenvalue weighted by Gasteiger charge is -2.18. The average Bonchev–Trinajstić information content (AvgIpc) is 2.68. The topological polar surface area (TPSA) is 41.9 Å². The Balaban J connectivity index is 2.23. The van der Waals surface area contributed by atoms with Crippen LogP contribution in [0.25, 0.3) is 0 Å². The van der Waals surface area contributed by atoms with Crippen molar-refractivity contribution in [1.29, 1.82) is 0 Å². The summed E-state index contributed by atoms with van der Waals surface area (Å²) in [5, 5.41) is 0.419. The summed E-state index contributed by atoms with van der Waals surface area (Å²) in [7, 11) is 1.96. The molecule has 0 aliphatic rings. The van der Waals surface area contributed by atoms with Crippen molar-refractivity contribution in [2.24, 2.45) is 0 Å². The molecule has 2 aromatic rings. The lowest BCUT2D eigenvalue weighted by molar-refractivity contribution is 0.889. The number of hydrogen-bond acceptors (Lipinski definition) is 5. The molecule has 2 heterocycles. The highest BCUT2D eigenvalue weighted by Gasteiger charge is 2.13. The first-order chi connectivity index (χ1) is 8.09. The second kappa shape index (κ2) is 5.29. The lowest BCUT2D eigenvalue weighted by Crippen LogP contribution is -2.18. The average molecular weight is 334 g/mol. The molecule has 0 saturated carbocycles. The first-order valence-corrected chi connectivity index (χ1v) is 6.90. The zero-order chi connectivity index (χ0) is 12.4. The number of hydrogen-bond donors (Lipinski definition) is 0. The maximum atomic E-state index is 5.94. The number of nitrogens with zero attached hydrogens (tertiary/aromatic N) is 4. The summed E-state index contributed by atoms with van der Waals surface area (Å²) in [5.41, 5.74) is 2.90. The molecule has 0 aromatic carbocycles. The van der Waals surface area contributed by atoms with Crippen molar-refractivity contribution in [3.63, 3.8) is 0 Å². The van der Waals surface area contributed by atoms with Crippen LogP contribution in [0.5, 0.6) is 0 Å². The highest BCUT2D eigenvalue weighted by atomic mass is 79.9. The van der Waals surface area contributed by atoms with Crippen LogP contribution in [0, 0.1) is 6.92 Å². The Labute approximate surface area is 117 Å². The van der Waals surface area contributed by atoms with Gasteiger partial charge in [-0.2, -0.15) is 0 Å². The number of aryl methyl sites for hydroxylation is 1. The van der Waals surface area contributed by atoms with Gasteiger partial charge < -0.3 is 4.90 Å². The fraction of sp³-hybridized carbons (Fsp3) is 0.300. The Morgan fingerprint density at radius 2 is 2.18 bits per heavy atom. The molecule has 0 saturated heterocycles. The van der Waals surface area contributed by atoms with Gasteiger partial charge in [-0.1, -0.05) is 11.6 Å². The van der Waals surface area contributed by atoms with Gasteiger partial charge in [0.05, 0.1) is 22.2 Å². The van der Waals surface area contributed by atoms with Gasteiger partial charge in [-0.15, -0.1) is 11.3 Å². The molecule has 7 heteroatoms. The van der Waals surface area contributed by atoms with Crippen LogP contribution in [0.2, 0.25) is 5.15 Å². The van der Waals surface area contributed by atoms with Gasteiger partial charge in [0.25, 0.3) is 0 Å².